The Kier molecular flexibility index (Phi) is 2.95. The number of aliphatic carboxylic acids is 1. The normalized spacial score (nSPS) is 15.1. The lowest BCUT2D eigenvalue weighted by atomic mass is 10.00. The largest absolute Gasteiger partial charge is 0.547 e. The molecule has 0 aromatic rings. The molecule has 0 aromatic heterocycles. The van der Waals surface area contributed by atoms with Crippen LogP contribution in [0.2, 0.25) is 0 Å². The first kappa shape index (κ1) is 9.84. The molecule has 4 heteroatoms. The molecular weight excluding hydrogens is 148 g/mol. The molecule has 0 bridgehead atoms. The molecule has 11 heavy (non-hydrogen) atoms. The van der Waals surface area contributed by atoms with Crippen LogP contribution in [0.1, 0.15) is 13.3 Å². The Balaban J connectivity index is 4.23. The minimum absolute atomic E-state index is 0.501. The quantitative estimate of drug-likeness (QED) is 0.511. The van der Waals surface area contributed by atoms with E-state index in [1.165, 1.54) is 0 Å². The molecule has 0 amide bonds. The summed E-state index contributed by atoms with van der Waals surface area (Å²) in [5.41, 5.74) is -2.09. The van der Waals surface area contributed by atoms with Crippen LogP contribution in [0.4, 0.5) is 0 Å². The van der Waals surface area contributed by atoms with Gasteiger partial charge >= 0.3 is 0 Å². The molecule has 0 saturated heterocycles. The lowest BCUT2D eigenvalue weighted by Crippen LogP contribution is -2.47. The van der Waals surface area contributed by atoms with Crippen LogP contribution in [0.15, 0.2) is 12.7 Å². The highest BCUT2D eigenvalue weighted by Crippen LogP contribution is 2.08. The summed E-state index contributed by atoms with van der Waals surface area (Å²) in [6.45, 7) is 4.13. The molecule has 0 saturated carbocycles. The van der Waals surface area contributed by atoms with E-state index in [9.17, 15) is 14.7 Å². The lowest BCUT2D eigenvalue weighted by molar-refractivity contribution is -0.323. The maximum Gasteiger partial charge on any atom is 0.158 e. The van der Waals surface area contributed by atoms with Crippen molar-refractivity contribution < 1.29 is 19.8 Å². The highest BCUT2D eigenvalue weighted by Gasteiger charge is 2.24. The molecule has 1 N–H and O–H groups in total. The van der Waals surface area contributed by atoms with Gasteiger partial charge in [-0.15, -0.1) is 0 Å². The maximum atomic E-state index is 10.6. The van der Waals surface area contributed by atoms with Gasteiger partial charge in [-0.05, 0) is 13.0 Å². The minimum Gasteiger partial charge on any atom is -0.547 e. The van der Waals surface area contributed by atoms with E-state index in [0.717, 1.165) is 13.0 Å². The third kappa shape index (κ3) is 2.95. The minimum atomic E-state index is -2.09. The summed E-state index contributed by atoms with van der Waals surface area (Å²) >= 11 is 0. The molecule has 62 valence electrons. The number of rotatable bonds is 4. The second kappa shape index (κ2) is 3.30. The van der Waals surface area contributed by atoms with E-state index in [4.69, 9.17) is 5.11 Å². The molecule has 1 unspecified atom stereocenters. The van der Waals surface area contributed by atoms with E-state index in [0.29, 0.717) is 0 Å². The average molecular weight is 157 g/mol. The molecule has 0 rings (SSSR count). The summed E-state index contributed by atoms with van der Waals surface area (Å²) in [6, 6.07) is 0. The number of carbonyl (C=O) groups is 2. The van der Waals surface area contributed by atoms with Crippen LogP contribution in [0, 0.1) is 0 Å². The molecule has 0 aromatic carbocycles. The summed E-state index contributed by atoms with van der Waals surface area (Å²) in [5.74, 6) is -2.19. The predicted octanol–water partition coefficient (Wildman–Crippen LogP) is -1.37. The Morgan fingerprint density at radius 2 is 2.18 bits per heavy atom. The van der Waals surface area contributed by atoms with Crippen LogP contribution >= 0.6 is 0 Å². The Morgan fingerprint density at radius 3 is 2.45 bits per heavy atom. The summed E-state index contributed by atoms with van der Waals surface area (Å²) in [6.07, 6.45) is 0.455. The van der Waals surface area contributed by atoms with Gasteiger partial charge in [0.05, 0.1) is 5.97 Å². The Morgan fingerprint density at radius 1 is 1.73 bits per heavy atom. The smallest absolute Gasteiger partial charge is 0.158 e. The van der Waals surface area contributed by atoms with Gasteiger partial charge in [0.25, 0.3) is 0 Å². The first-order valence-electron chi connectivity index (χ1n) is 2.99. The van der Waals surface area contributed by atoms with Crippen LogP contribution in [0.5, 0.6) is 0 Å². The van der Waals surface area contributed by atoms with Crippen LogP contribution in [0.3, 0.4) is 0 Å². The fourth-order valence-corrected chi connectivity index (χ4v) is 0.484. The highest BCUT2D eigenvalue weighted by atomic mass is 16.4. The third-order valence-corrected chi connectivity index (χ3v) is 1.19. The van der Waals surface area contributed by atoms with Gasteiger partial charge in [0.1, 0.15) is 5.60 Å². The number of ketones is 1. The molecule has 0 aliphatic rings. The number of carboxylic acid groups (broad SMARTS) is 1. The van der Waals surface area contributed by atoms with Gasteiger partial charge in [-0.25, -0.2) is 0 Å². The van der Waals surface area contributed by atoms with Crippen LogP contribution in [-0.2, 0) is 9.59 Å². The van der Waals surface area contributed by atoms with Crippen molar-refractivity contribution in [2.45, 2.75) is 18.9 Å². The van der Waals surface area contributed by atoms with Gasteiger partial charge in [-0.3, -0.25) is 4.79 Å². The fraction of sp³-hybridized carbons (Fsp3) is 0.429. The van der Waals surface area contributed by atoms with Crippen molar-refractivity contribution in [2.24, 2.45) is 0 Å². The van der Waals surface area contributed by atoms with Crippen LogP contribution < -0.4 is 5.11 Å². The topological polar surface area (TPSA) is 77.4 Å². The van der Waals surface area contributed by atoms with Crippen LogP contribution in [-0.4, -0.2) is 22.5 Å². The summed E-state index contributed by atoms with van der Waals surface area (Å²) in [7, 11) is 0. The van der Waals surface area contributed by atoms with Gasteiger partial charge in [0, 0.05) is 6.42 Å². The van der Waals surface area contributed by atoms with Gasteiger partial charge in [-0.2, -0.15) is 0 Å². The van der Waals surface area contributed by atoms with Crippen molar-refractivity contribution in [3.05, 3.63) is 12.7 Å². The number of hydrogen-bond donors (Lipinski definition) is 1. The van der Waals surface area contributed by atoms with Crippen molar-refractivity contribution in [2.75, 3.05) is 0 Å². The number of carbonyl (C=O) groups excluding carboxylic acids is 2. The zero-order valence-electron chi connectivity index (χ0n) is 6.16. The number of aliphatic hydroxyl groups is 1. The van der Waals surface area contributed by atoms with Gasteiger partial charge in [0.15, 0.2) is 5.78 Å². The zero-order valence-corrected chi connectivity index (χ0v) is 6.16. The Hall–Kier alpha value is -1.16. The number of carboxylic acids is 1. The van der Waals surface area contributed by atoms with Crippen LogP contribution in [0.25, 0.3) is 0 Å². The third-order valence-electron chi connectivity index (χ3n) is 1.19. The van der Waals surface area contributed by atoms with Gasteiger partial charge in [0.2, 0.25) is 0 Å². The van der Waals surface area contributed by atoms with Crippen molar-refractivity contribution in [3.8, 4) is 0 Å². The standard InChI is InChI=1S/C7H10O4/c1-3-5(8)4-7(2,11)6(9)10/h3,11H,1,4H2,2H3,(H,9,10)/p-1. The molecule has 4 nitrogen and oxygen atoms in total. The van der Waals surface area contributed by atoms with Gasteiger partial charge < -0.3 is 15.0 Å². The first-order chi connectivity index (χ1) is 4.90. The summed E-state index contributed by atoms with van der Waals surface area (Å²) < 4.78 is 0. The monoisotopic (exact) mass is 157 g/mol. The second-order valence-electron chi connectivity index (χ2n) is 2.41. The van der Waals surface area contributed by atoms with E-state index in [1.54, 1.807) is 0 Å². The summed E-state index contributed by atoms with van der Waals surface area (Å²) in [4.78, 5) is 20.7. The highest BCUT2D eigenvalue weighted by molar-refractivity contribution is 5.93. The Labute approximate surface area is 64.2 Å². The number of allylic oxidation sites excluding steroid dienone is 1. The molecule has 1 atom stereocenters. The number of hydrogen-bond acceptors (Lipinski definition) is 4. The van der Waals surface area contributed by atoms with Crippen molar-refractivity contribution in [1.82, 2.24) is 0 Å². The van der Waals surface area contributed by atoms with E-state index in [2.05, 4.69) is 6.58 Å². The van der Waals surface area contributed by atoms with Crippen molar-refractivity contribution in [1.29, 1.82) is 0 Å². The average Bonchev–Trinajstić information content (AvgIpc) is 1.86. The van der Waals surface area contributed by atoms with E-state index in [1.807, 2.05) is 0 Å². The molecule has 0 fully saturated rings. The first-order valence-corrected chi connectivity index (χ1v) is 2.99. The van der Waals surface area contributed by atoms with E-state index in [-0.39, 0.29) is 0 Å². The lowest BCUT2D eigenvalue weighted by Gasteiger charge is -2.22. The molecule has 0 aliphatic heterocycles. The molecule has 0 aliphatic carbocycles. The predicted molar refractivity (Wildman–Crippen MR) is 35.5 cm³/mol. The zero-order chi connectivity index (χ0) is 9.07. The van der Waals surface area contributed by atoms with Crippen molar-refractivity contribution >= 4 is 11.8 Å². The molecule has 0 spiro atoms. The Bertz CT molecular complexity index is 193. The van der Waals surface area contributed by atoms with E-state index < -0.39 is 23.8 Å². The SMILES string of the molecule is C=CC(=O)CC(C)(O)C(=O)[O-]. The maximum absolute atomic E-state index is 10.6. The van der Waals surface area contributed by atoms with E-state index >= 15 is 0 Å². The molecule has 0 radical (unpaired) electrons. The second-order valence-corrected chi connectivity index (χ2v) is 2.41. The molecular formula is C7H9O4-. The van der Waals surface area contributed by atoms with Gasteiger partial charge in [-0.1, -0.05) is 6.58 Å². The summed E-state index contributed by atoms with van der Waals surface area (Å²) in [5, 5.41) is 19.1. The van der Waals surface area contributed by atoms with Crippen molar-refractivity contribution in [3.63, 3.8) is 0 Å². The fourth-order valence-electron chi connectivity index (χ4n) is 0.484. The molecule has 0 heterocycles.